The lowest BCUT2D eigenvalue weighted by Crippen LogP contribution is -1.98. The number of aromatic nitrogens is 2. The summed E-state index contributed by atoms with van der Waals surface area (Å²) >= 11 is 11.8. The molecule has 82 valence electrons. The molecule has 1 aromatic heterocycles. The Morgan fingerprint density at radius 3 is 2.50 bits per heavy atom. The quantitative estimate of drug-likeness (QED) is 0.849. The number of nitrogens with zero attached hydrogens (tertiary/aromatic N) is 2. The summed E-state index contributed by atoms with van der Waals surface area (Å²) in [5.74, 6) is 0.436. The Labute approximate surface area is 103 Å². The van der Waals surface area contributed by atoms with Gasteiger partial charge in [0.05, 0.1) is 15.7 Å². The second-order valence-electron chi connectivity index (χ2n) is 3.35. The van der Waals surface area contributed by atoms with Crippen molar-refractivity contribution in [2.45, 2.75) is 6.92 Å². The van der Waals surface area contributed by atoms with E-state index < -0.39 is 0 Å². The zero-order chi connectivity index (χ0) is 11.7. The minimum atomic E-state index is 0.436. The van der Waals surface area contributed by atoms with Crippen molar-refractivity contribution in [2.75, 3.05) is 5.73 Å². The summed E-state index contributed by atoms with van der Waals surface area (Å²) in [5, 5.41) is 1.00. The van der Waals surface area contributed by atoms with Crippen LogP contribution < -0.4 is 5.73 Å². The summed E-state index contributed by atoms with van der Waals surface area (Å²) < 4.78 is 0. The van der Waals surface area contributed by atoms with Crippen LogP contribution in [0.1, 0.15) is 5.69 Å². The smallest absolute Gasteiger partial charge is 0.134 e. The van der Waals surface area contributed by atoms with Crippen LogP contribution in [0, 0.1) is 6.92 Å². The fourth-order valence-electron chi connectivity index (χ4n) is 1.50. The van der Waals surface area contributed by atoms with Gasteiger partial charge in [0.2, 0.25) is 0 Å². The lowest BCUT2D eigenvalue weighted by atomic mass is 10.1. The van der Waals surface area contributed by atoms with Crippen LogP contribution in [0.3, 0.4) is 0 Å². The average molecular weight is 254 g/mol. The highest BCUT2D eigenvalue weighted by molar-refractivity contribution is 6.42. The summed E-state index contributed by atoms with van der Waals surface area (Å²) in [5.41, 5.74) is 8.28. The van der Waals surface area contributed by atoms with Gasteiger partial charge in [0, 0.05) is 5.56 Å². The molecule has 0 atom stereocenters. The predicted molar refractivity (Wildman–Crippen MR) is 66.6 cm³/mol. The van der Waals surface area contributed by atoms with Crippen molar-refractivity contribution in [3.05, 3.63) is 40.3 Å². The number of nitrogen functional groups attached to an aromatic ring is 1. The molecule has 5 heteroatoms. The Kier molecular flexibility index (Phi) is 2.99. The van der Waals surface area contributed by atoms with Gasteiger partial charge in [-0.25, -0.2) is 9.97 Å². The molecule has 0 aliphatic carbocycles. The van der Waals surface area contributed by atoms with E-state index in [4.69, 9.17) is 28.9 Å². The van der Waals surface area contributed by atoms with Gasteiger partial charge in [0.25, 0.3) is 0 Å². The van der Waals surface area contributed by atoms with Crippen LogP contribution in [0.2, 0.25) is 10.0 Å². The molecule has 2 rings (SSSR count). The van der Waals surface area contributed by atoms with Crippen molar-refractivity contribution in [1.29, 1.82) is 0 Å². The zero-order valence-electron chi connectivity index (χ0n) is 8.54. The number of aryl methyl sites for hydroxylation is 1. The molecular weight excluding hydrogens is 245 g/mol. The molecule has 0 aliphatic heterocycles. The van der Waals surface area contributed by atoms with Crippen LogP contribution in [0.4, 0.5) is 5.82 Å². The summed E-state index contributed by atoms with van der Waals surface area (Å²) in [4.78, 5) is 8.06. The first kappa shape index (κ1) is 11.2. The van der Waals surface area contributed by atoms with Crippen molar-refractivity contribution < 1.29 is 0 Å². The highest BCUT2D eigenvalue weighted by atomic mass is 35.5. The van der Waals surface area contributed by atoms with E-state index in [1.807, 2.05) is 13.0 Å². The van der Waals surface area contributed by atoms with Crippen molar-refractivity contribution in [1.82, 2.24) is 9.97 Å². The summed E-state index contributed by atoms with van der Waals surface area (Å²) in [6, 6.07) is 5.33. The fourth-order valence-corrected chi connectivity index (χ4v) is 1.80. The predicted octanol–water partition coefficient (Wildman–Crippen LogP) is 3.34. The molecule has 0 radical (unpaired) electrons. The van der Waals surface area contributed by atoms with Gasteiger partial charge in [-0.3, -0.25) is 0 Å². The van der Waals surface area contributed by atoms with Crippen LogP contribution in [0.25, 0.3) is 11.1 Å². The number of rotatable bonds is 1. The molecule has 0 spiro atoms. The molecule has 3 nitrogen and oxygen atoms in total. The van der Waals surface area contributed by atoms with Crippen molar-refractivity contribution in [2.24, 2.45) is 0 Å². The average Bonchev–Trinajstić information content (AvgIpc) is 2.23. The first-order chi connectivity index (χ1) is 7.59. The number of benzene rings is 1. The molecule has 2 aromatic rings. The lowest BCUT2D eigenvalue weighted by molar-refractivity contribution is 1.11. The van der Waals surface area contributed by atoms with Crippen LogP contribution in [0.5, 0.6) is 0 Å². The van der Waals surface area contributed by atoms with Crippen LogP contribution in [-0.4, -0.2) is 9.97 Å². The Morgan fingerprint density at radius 2 is 1.88 bits per heavy atom. The molecule has 16 heavy (non-hydrogen) atoms. The van der Waals surface area contributed by atoms with E-state index in [2.05, 4.69) is 9.97 Å². The van der Waals surface area contributed by atoms with Gasteiger partial charge in [0.15, 0.2) is 0 Å². The van der Waals surface area contributed by atoms with Gasteiger partial charge in [-0.1, -0.05) is 29.3 Å². The van der Waals surface area contributed by atoms with Crippen LogP contribution in [-0.2, 0) is 0 Å². The van der Waals surface area contributed by atoms with E-state index in [0.717, 1.165) is 16.8 Å². The maximum Gasteiger partial charge on any atom is 0.134 e. The van der Waals surface area contributed by atoms with E-state index in [9.17, 15) is 0 Å². The van der Waals surface area contributed by atoms with Crippen LogP contribution in [0.15, 0.2) is 24.5 Å². The third kappa shape index (κ3) is 1.96. The second-order valence-corrected chi connectivity index (χ2v) is 4.16. The molecule has 0 saturated heterocycles. The SMILES string of the molecule is Cc1ncnc(N)c1-c1ccc(Cl)c(Cl)c1. The van der Waals surface area contributed by atoms with E-state index in [-0.39, 0.29) is 0 Å². The fraction of sp³-hybridized carbons (Fsp3) is 0.0909. The molecule has 0 bridgehead atoms. The minimum Gasteiger partial charge on any atom is -0.383 e. The van der Waals surface area contributed by atoms with Crippen molar-refractivity contribution >= 4 is 29.0 Å². The minimum absolute atomic E-state index is 0.436. The van der Waals surface area contributed by atoms with Crippen LogP contribution >= 0.6 is 23.2 Å². The second kappa shape index (κ2) is 4.28. The molecule has 0 saturated carbocycles. The van der Waals surface area contributed by atoms with Crippen molar-refractivity contribution in [3.8, 4) is 11.1 Å². The van der Waals surface area contributed by atoms with E-state index >= 15 is 0 Å². The van der Waals surface area contributed by atoms with E-state index in [1.54, 1.807) is 12.1 Å². The molecule has 1 heterocycles. The number of halogens is 2. The number of hydrogen-bond donors (Lipinski definition) is 1. The molecule has 0 aliphatic rings. The van der Waals surface area contributed by atoms with Gasteiger partial charge < -0.3 is 5.73 Å². The Hall–Kier alpha value is -1.32. The number of nitrogens with two attached hydrogens (primary N) is 1. The molecule has 0 fully saturated rings. The van der Waals surface area contributed by atoms with Gasteiger partial charge in [-0.2, -0.15) is 0 Å². The highest BCUT2D eigenvalue weighted by Crippen LogP contribution is 2.31. The highest BCUT2D eigenvalue weighted by Gasteiger charge is 2.09. The van der Waals surface area contributed by atoms with Gasteiger partial charge in [-0.05, 0) is 24.6 Å². The summed E-state index contributed by atoms with van der Waals surface area (Å²) in [6.07, 6.45) is 1.44. The maximum absolute atomic E-state index is 5.95. The van der Waals surface area contributed by atoms with Gasteiger partial charge in [0.1, 0.15) is 12.1 Å². The first-order valence-corrected chi connectivity index (χ1v) is 5.37. The normalized spacial score (nSPS) is 10.4. The number of anilines is 1. The largest absolute Gasteiger partial charge is 0.383 e. The topological polar surface area (TPSA) is 51.8 Å². The Bertz CT molecular complexity index is 520. The van der Waals surface area contributed by atoms with E-state index in [1.165, 1.54) is 6.33 Å². The Balaban J connectivity index is 2.63. The van der Waals surface area contributed by atoms with Crippen molar-refractivity contribution in [3.63, 3.8) is 0 Å². The van der Waals surface area contributed by atoms with E-state index in [0.29, 0.717) is 15.9 Å². The molecule has 0 unspecified atom stereocenters. The summed E-state index contributed by atoms with van der Waals surface area (Å²) in [6.45, 7) is 1.87. The Morgan fingerprint density at radius 1 is 1.12 bits per heavy atom. The van der Waals surface area contributed by atoms with Gasteiger partial charge in [-0.15, -0.1) is 0 Å². The molecule has 0 amide bonds. The first-order valence-electron chi connectivity index (χ1n) is 4.62. The maximum atomic E-state index is 5.95. The standard InChI is InChI=1S/C11H9Cl2N3/c1-6-10(11(14)16-5-15-6)7-2-3-8(12)9(13)4-7/h2-5H,1H3,(H2,14,15,16). The molecule has 2 N–H and O–H groups in total. The van der Waals surface area contributed by atoms with Gasteiger partial charge >= 0.3 is 0 Å². The summed E-state index contributed by atoms with van der Waals surface area (Å²) in [7, 11) is 0. The third-order valence-corrected chi connectivity index (χ3v) is 3.01. The molecule has 1 aromatic carbocycles. The monoisotopic (exact) mass is 253 g/mol. The zero-order valence-corrected chi connectivity index (χ0v) is 10.0. The lowest BCUT2D eigenvalue weighted by Gasteiger charge is -2.08. The molecular formula is C11H9Cl2N3. The number of hydrogen-bond acceptors (Lipinski definition) is 3. The third-order valence-electron chi connectivity index (χ3n) is 2.27.